The van der Waals surface area contributed by atoms with Gasteiger partial charge in [0.25, 0.3) is 0 Å². The molecule has 2 amide bonds. The third kappa shape index (κ3) is 2.94. The summed E-state index contributed by atoms with van der Waals surface area (Å²) in [6.07, 6.45) is 1.15. The first-order valence-corrected chi connectivity index (χ1v) is 9.04. The molecule has 0 unspecified atom stereocenters. The van der Waals surface area contributed by atoms with Gasteiger partial charge >= 0.3 is 6.09 Å². The maximum Gasteiger partial charge on any atom is 0.409 e. The van der Waals surface area contributed by atoms with Crippen LogP contribution in [-0.4, -0.2) is 36.6 Å². The average Bonchev–Trinajstić information content (AvgIpc) is 3.00. The maximum absolute atomic E-state index is 12.5. The largest absolute Gasteiger partial charge is 0.448 e. The molecule has 1 atom stereocenters. The molecule has 2 N–H and O–H groups in total. The number of carbonyl (C=O) groups excluding carboxylic acids is 2. The van der Waals surface area contributed by atoms with Crippen LogP contribution in [-0.2, 0) is 9.53 Å². The van der Waals surface area contributed by atoms with Gasteiger partial charge in [0.15, 0.2) is 0 Å². The van der Waals surface area contributed by atoms with Gasteiger partial charge < -0.3 is 15.4 Å². The van der Waals surface area contributed by atoms with Crippen molar-refractivity contribution < 1.29 is 14.3 Å². The Bertz CT molecular complexity index is 803. The number of nitrogens with zero attached hydrogens (tertiary/aromatic N) is 1. The summed E-state index contributed by atoms with van der Waals surface area (Å²) in [5.74, 6) is -0.576. The van der Waals surface area contributed by atoms with E-state index in [-0.39, 0.29) is 23.8 Å². The van der Waals surface area contributed by atoms with Gasteiger partial charge in [0.1, 0.15) is 6.61 Å². The molecule has 1 fully saturated rings. The average molecular weight is 350 g/mol. The van der Waals surface area contributed by atoms with E-state index in [1.807, 2.05) is 24.3 Å². The van der Waals surface area contributed by atoms with Crippen LogP contribution >= 0.6 is 0 Å². The number of fused-ring (bicyclic) bond motifs is 3. The summed E-state index contributed by atoms with van der Waals surface area (Å²) < 4.78 is 5.64. The highest BCUT2D eigenvalue weighted by molar-refractivity contribution is 5.79. The summed E-state index contributed by atoms with van der Waals surface area (Å²) in [5.41, 5.74) is 10.2. The number of ether oxygens (including phenoxy) is 1. The minimum absolute atomic E-state index is 0.0445. The smallest absolute Gasteiger partial charge is 0.409 e. The molecule has 1 aliphatic heterocycles. The normalized spacial score (nSPS) is 18.9. The maximum atomic E-state index is 12.5. The Morgan fingerprint density at radius 2 is 1.65 bits per heavy atom. The van der Waals surface area contributed by atoms with E-state index in [1.54, 1.807) is 4.90 Å². The molecule has 1 heterocycles. The highest BCUT2D eigenvalue weighted by Crippen LogP contribution is 2.44. The van der Waals surface area contributed by atoms with Gasteiger partial charge in [-0.2, -0.15) is 0 Å². The van der Waals surface area contributed by atoms with Gasteiger partial charge in [-0.3, -0.25) is 4.79 Å². The van der Waals surface area contributed by atoms with Gasteiger partial charge in [-0.05, 0) is 35.1 Å². The summed E-state index contributed by atoms with van der Waals surface area (Å²) >= 11 is 0. The molecule has 0 spiro atoms. The van der Waals surface area contributed by atoms with Crippen molar-refractivity contribution in [1.82, 2.24) is 4.90 Å². The van der Waals surface area contributed by atoms with Crippen LogP contribution in [0.2, 0.25) is 0 Å². The summed E-state index contributed by atoms with van der Waals surface area (Å²) in [4.78, 5) is 25.5. The Hall–Kier alpha value is -2.82. The second-order valence-electron chi connectivity index (χ2n) is 6.99. The lowest BCUT2D eigenvalue weighted by Gasteiger charge is -2.30. The van der Waals surface area contributed by atoms with Crippen LogP contribution in [0.4, 0.5) is 4.79 Å². The fourth-order valence-corrected chi connectivity index (χ4v) is 4.06. The fraction of sp³-hybridized carbons (Fsp3) is 0.333. The predicted octanol–water partition coefficient (Wildman–Crippen LogP) is 3.13. The molecule has 2 aromatic carbocycles. The van der Waals surface area contributed by atoms with Crippen LogP contribution in [0, 0.1) is 5.92 Å². The zero-order chi connectivity index (χ0) is 18.1. The zero-order valence-electron chi connectivity index (χ0n) is 14.6. The number of nitrogens with two attached hydrogens (primary N) is 1. The van der Waals surface area contributed by atoms with Crippen LogP contribution in [0.1, 0.15) is 29.9 Å². The van der Waals surface area contributed by atoms with E-state index >= 15 is 0 Å². The molecule has 0 bridgehead atoms. The van der Waals surface area contributed by atoms with E-state index in [9.17, 15) is 9.59 Å². The van der Waals surface area contributed by atoms with Gasteiger partial charge in [-0.1, -0.05) is 48.5 Å². The zero-order valence-corrected chi connectivity index (χ0v) is 14.6. The molecule has 5 heteroatoms. The van der Waals surface area contributed by atoms with Crippen molar-refractivity contribution in [2.75, 3.05) is 19.7 Å². The quantitative estimate of drug-likeness (QED) is 0.924. The number of likely N-dealkylation sites (tertiary alicyclic amines) is 1. The lowest BCUT2D eigenvalue weighted by Crippen LogP contribution is -2.44. The molecule has 134 valence electrons. The molecule has 2 aliphatic rings. The molecule has 0 radical (unpaired) electrons. The Kier molecular flexibility index (Phi) is 4.37. The molecular formula is C21H22N2O3. The fourth-order valence-electron chi connectivity index (χ4n) is 4.06. The predicted molar refractivity (Wildman–Crippen MR) is 98.6 cm³/mol. The minimum atomic E-state index is -0.363. The second-order valence-corrected chi connectivity index (χ2v) is 6.99. The van der Waals surface area contributed by atoms with Crippen molar-refractivity contribution in [3.8, 4) is 11.1 Å². The van der Waals surface area contributed by atoms with Gasteiger partial charge in [0.2, 0.25) is 5.91 Å². The highest BCUT2D eigenvalue weighted by Gasteiger charge is 2.31. The van der Waals surface area contributed by atoms with E-state index in [1.165, 1.54) is 22.3 Å². The lowest BCUT2D eigenvalue weighted by atomic mass is 9.97. The molecule has 5 nitrogen and oxygen atoms in total. The van der Waals surface area contributed by atoms with Crippen LogP contribution in [0.25, 0.3) is 11.1 Å². The van der Waals surface area contributed by atoms with Crippen LogP contribution in [0.15, 0.2) is 48.5 Å². The molecular weight excluding hydrogens is 328 g/mol. The number of rotatable bonds is 3. The molecule has 0 saturated carbocycles. The van der Waals surface area contributed by atoms with E-state index in [4.69, 9.17) is 10.5 Å². The van der Waals surface area contributed by atoms with Crippen molar-refractivity contribution in [2.45, 2.75) is 18.8 Å². The van der Waals surface area contributed by atoms with E-state index in [2.05, 4.69) is 24.3 Å². The molecule has 2 aromatic rings. The SMILES string of the molecule is NC(=O)[C@H]1CCCN(C(=O)OCC2c3ccccc3-c3ccccc32)C1. The number of amides is 2. The van der Waals surface area contributed by atoms with Gasteiger partial charge in [0.05, 0.1) is 5.92 Å². The van der Waals surface area contributed by atoms with E-state index in [0.29, 0.717) is 19.7 Å². The Balaban J connectivity index is 1.48. The molecule has 26 heavy (non-hydrogen) atoms. The highest BCUT2D eigenvalue weighted by atomic mass is 16.6. The third-order valence-corrected chi connectivity index (χ3v) is 5.42. The molecule has 0 aromatic heterocycles. The monoisotopic (exact) mass is 350 g/mol. The first-order chi connectivity index (χ1) is 12.6. The number of benzene rings is 2. The van der Waals surface area contributed by atoms with E-state index < -0.39 is 0 Å². The van der Waals surface area contributed by atoms with Crippen molar-refractivity contribution in [2.24, 2.45) is 11.7 Å². The molecule has 4 rings (SSSR count). The number of primary amides is 1. The summed E-state index contributed by atoms with van der Waals surface area (Å²) in [6.45, 7) is 1.26. The van der Waals surface area contributed by atoms with Crippen LogP contribution < -0.4 is 5.73 Å². The molecule has 1 saturated heterocycles. The standard InChI is InChI=1S/C21H22N2O3/c22-20(24)14-6-5-11-23(12-14)21(25)26-13-19-17-9-3-1-7-15(17)16-8-2-4-10-18(16)19/h1-4,7-10,14,19H,5-6,11-13H2,(H2,22,24)/t14-/m0/s1. The van der Waals surface area contributed by atoms with Gasteiger partial charge in [-0.15, -0.1) is 0 Å². The number of carbonyl (C=O) groups is 2. The Labute approximate surface area is 152 Å². The minimum Gasteiger partial charge on any atom is -0.448 e. The van der Waals surface area contributed by atoms with Crippen molar-refractivity contribution in [3.63, 3.8) is 0 Å². The number of piperidine rings is 1. The molecule has 1 aliphatic carbocycles. The Morgan fingerprint density at radius 1 is 1.04 bits per heavy atom. The topological polar surface area (TPSA) is 72.6 Å². The van der Waals surface area contributed by atoms with Gasteiger partial charge in [0, 0.05) is 19.0 Å². The number of hydrogen-bond donors (Lipinski definition) is 1. The third-order valence-electron chi connectivity index (χ3n) is 5.42. The Morgan fingerprint density at radius 3 is 2.27 bits per heavy atom. The van der Waals surface area contributed by atoms with Crippen LogP contribution in [0.3, 0.4) is 0 Å². The van der Waals surface area contributed by atoms with Crippen molar-refractivity contribution in [3.05, 3.63) is 59.7 Å². The first kappa shape index (κ1) is 16.6. The van der Waals surface area contributed by atoms with Gasteiger partial charge in [-0.25, -0.2) is 4.79 Å². The number of hydrogen-bond acceptors (Lipinski definition) is 3. The summed E-state index contributed by atoms with van der Waals surface area (Å²) in [7, 11) is 0. The van der Waals surface area contributed by atoms with Crippen molar-refractivity contribution >= 4 is 12.0 Å². The summed E-state index contributed by atoms with van der Waals surface area (Å²) in [6, 6.07) is 16.5. The first-order valence-electron chi connectivity index (χ1n) is 9.04. The van der Waals surface area contributed by atoms with Crippen molar-refractivity contribution in [1.29, 1.82) is 0 Å². The summed E-state index contributed by atoms with van der Waals surface area (Å²) in [5, 5.41) is 0. The second kappa shape index (κ2) is 6.83. The van der Waals surface area contributed by atoms with E-state index in [0.717, 1.165) is 12.8 Å². The van der Waals surface area contributed by atoms with Crippen LogP contribution in [0.5, 0.6) is 0 Å². The lowest BCUT2D eigenvalue weighted by molar-refractivity contribution is -0.123.